The van der Waals surface area contributed by atoms with E-state index in [1.807, 2.05) is 12.1 Å². The van der Waals surface area contributed by atoms with E-state index in [2.05, 4.69) is 16.0 Å². The van der Waals surface area contributed by atoms with Gasteiger partial charge in [0.2, 0.25) is 5.91 Å². The van der Waals surface area contributed by atoms with Crippen molar-refractivity contribution >= 4 is 24.2 Å². The first-order valence-corrected chi connectivity index (χ1v) is 9.00. The summed E-state index contributed by atoms with van der Waals surface area (Å²) >= 11 is 0. The van der Waals surface area contributed by atoms with Crippen LogP contribution in [0.3, 0.4) is 0 Å². The predicted octanol–water partition coefficient (Wildman–Crippen LogP) is 2.79. The molecule has 0 bridgehead atoms. The molecule has 0 spiro atoms. The van der Waals surface area contributed by atoms with E-state index in [0.717, 1.165) is 12.1 Å². The Labute approximate surface area is 156 Å². The molecule has 0 unspecified atom stereocenters. The molecule has 140 valence electrons. The Bertz CT molecular complexity index is 526. The Balaban J connectivity index is 0.00000312. The average molecular weight is 368 g/mol. The number of benzene rings is 1. The molecule has 0 atom stereocenters. The van der Waals surface area contributed by atoms with Crippen LogP contribution in [-0.4, -0.2) is 30.9 Å². The van der Waals surface area contributed by atoms with Crippen LogP contribution in [-0.2, 0) is 11.3 Å². The van der Waals surface area contributed by atoms with E-state index in [1.54, 1.807) is 12.1 Å². The van der Waals surface area contributed by atoms with Crippen molar-refractivity contribution in [2.75, 3.05) is 13.1 Å². The molecule has 6 heteroatoms. The highest BCUT2D eigenvalue weighted by atomic mass is 35.5. The minimum atomic E-state index is -0.0574. The highest BCUT2D eigenvalue weighted by Gasteiger charge is 2.11. The number of carbonyl (C=O) groups excluding carboxylic acids is 2. The first-order chi connectivity index (χ1) is 11.6. The Morgan fingerprint density at radius 2 is 1.60 bits per heavy atom. The Kier molecular flexibility index (Phi) is 10.2. The van der Waals surface area contributed by atoms with Crippen LogP contribution in [0.2, 0.25) is 0 Å². The van der Waals surface area contributed by atoms with Gasteiger partial charge >= 0.3 is 0 Å². The van der Waals surface area contributed by atoms with Gasteiger partial charge in [0.15, 0.2) is 0 Å². The maximum absolute atomic E-state index is 12.1. The highest BCUT2D eigenvalue weighted by Crippen LogP contribution is 2.16. The minimum absolute atomic E-state index is 0. The van der Waals surface area contributed by atoms with E-state index in [1.165, 1.54) is 45.4 Å². The van der Waals surface area contributed by atoms with Crippen molar-refractivity contribution in [3.63, 3.8) is 0 Å². The van der Waals surface area contributed by atoms with Gasteiger partial charge in [-0.05, 0) is 30.5 Å². The van der Waals surface area contributed by atoms with Crippen LogP contribution in [0.5, 0.6) is 0 Å². The van der Waals surface area contributed by atoms with E-state index in [-0.39, 0.29) is 24.2 Å². The number of hydrogen-bond acceptors (Lipinski definition) is 3. The number of amides is 2. The lowest BCUT2D eigenvalue weighted by molar-refractivity contribution is -0.119. The molecule has 0 aromatic heterocycles. The molecule has 2 amide bonds. The van der Waals surface area contributed by atoms with Gasteiger partial charge in [0.25, 0.3) is 5.91 Å². The molecule has 0 aliphatic heterocycles. The number of halogens is 1. The molecule has 2 rings (SSSR count). The molecular weight excluding hydrogens is 338 g/mol. The van der Waals surface area contributed by atoms with Gasteiger partial charge < -0.3 is 16.0 Å². The molecule has 0 radical (unpaired) electrons. The third-order valence-corrected chi connectivity index (χ3v) is 4.46. The predicted molar refractivity (Wildman–Crippen MR) is 103 cm³/mol. The maximum atomic E-state index is 12.1. The van der Waals surface area contributed by atoms with Crippen molar-refractivity contribution in [3.8, 4) is 0 Å². The van der Waals surface area contributed by atoms with Gasteiger partial charge in [-0.1, -0.05) is 37.8 Å². The zero-order chi connectivity index (χ0) is 17.2. The van der Waals surface area contributed by atoms with E-state index in [4.69, 9.17) is 0 Å². The van der Waals surface area contributed by atoms with E-state index < -0.39 is 0 Å². The smallest absolute Gasteiger partial charge is 0.251 e. The van der Waals surface area contributed by atoms with Crippen LogP contribution in [0.4, 0.5) is 0 Å². The lowest BCUT2D eigenvalue weighted by Gasteiger charge is -2.16. The Morgan fingerprint density at radius 1 is 0.960 bits per heavy atom. The Morgan fingerprint density at radius 3 is 2.20 bits per heavy atom. The quantitative estimate of drug-likeness (QED) is 0.512. The van der Waals surface area contributed by atoms with Crippen LogP contribution in [0, 0.1) is 0 Å². The zero-order valence-electron chi connectivity index (χ0n) is 15.0. The summed E-state index contributed by atoms with van der Waals surface area (Å²) in [4.78, 5) is 23.0. The van der Waals surface area contributed by atoms with Crippen molar-refractivity contribution in [2.45, 2.75) is 58.0 Å². The lowest BCUT2D eigenvalue weighted by atomic mass is 10.1. The van der Waals surface area contributed by atoms with Crippen LogP contribution in [0.1, 0.15) is 61.4 Å². The summed E-state index contributed by atoms with van der Waals surface area (Å²) in [5.41, 5.74) is 1.63. The van der Waals surface area contributed by atoms with Gasteiger partial charge in [-0.3, -0.25) is 9.59 Å². The molecule has 3 N–H and O–H groups in total. The fourth-order valence-corrected chi connectivity index (χ4v) is 3.04. The van der Waals surface area contributed by atoms with Gasteiger partial charge in [-0.2, -0.15) is 0 Å². The standard InChI is InChI=1S/C19H29N3O2.ClH/c1-15(23)22-14-16-8-10-17(11-9-16)19(24)21-13-12-20-18-6-4-2-3-5-7-18;/h8-11,18,20H,2-7,12-14H2,1H3,(H,21,24)(H,22,23);1H. The summed E-state index contributed by atoms with van der Waals surface area (Å²) in [5, 5.41) is 9.24. The van der Waals surface area contributed by atoms with Crippen LogP contribution in [0.15, 0.2) is 24.3 Å². The molecule has 1 aliphatic carbocycles. The SMILES string of the molecule is CC(=O)NCc1ccc(C(=O)NCCNC2CCCCCC2)cc1.Cl. The largest absolute Gasteiger partial charge is 0.352 e. The lowest BCUT2D eigenvalue weighted by Crippen LogP contribution is -2.36. The minimum Gasteiger partial charge on any atom is -0.352 e. The van der Waals surface area contributed by atoms with E-state index >= 15 is 0 Å². The Hall–Kier alpha value is -1.59. The highest BCUT2D eigenvalue weighted by molar-refractivity contribution is 5.94. The van der Waals surface area contributed by atoms with Crippen molar-refractivity contribution < 1.29 is 9.59 Å². The third kappa shape index (κ3) is 8.36. The first kappa shape index (κ1) is 21.5. The molecule has 1 aliphatic rings. The van der Waals surface area contributed by atoms with Crippen LogP contribution < -0.4 is 16.0 Å². The fraction of sp³-hybridized carbons (Fsp3) is 0.579. The van der Waals surface area contributed by atoms with E-state index in [0.29, 0.717) is 24.7 Å². The topological polar surface area (TPSA) is 70.2 Å². The van der Waals surface area contributed by atoms with Crippen molar-refractivity contribution in [1.29, 1.82) is 0 Å². The van der Waals surface area contributed by atoms with Crippen molar-refractivity contribution in [1.82, 2.24) is 16.0 Å². The van der Waals surface area contributed by atoms with Gasteiger partial charge in [0.1, 0.15) is 0 Å². The van der Waals surface area contributed by atoms with E-state index in [9.17, 15) is 9.59 Å². The normalized spacial score (nSPS) is 14.9. The summed E-state index contributed by atoms with van der Waals surface area (Å²) in [6, 6.07) is 7.94. The summed E-state index contributed by atoms with van der Waals surface area (Å²) < 4.78 is 0. The van der Waals surface area contributed by atoms with Crippen molar-refractivity contribution in [2.24, 2.45) is 0 Å². The van der Waals surface area contributed by atoms with Gasteiger partial charge in [-0.15, -0.1) is 12.4 Å². The molecule has 1 saturated carbocycles. The molecule has 25 heavy (non-hydrogen) atoms. The monoisotopic (exact) mass is 367 g/mol. The van der Waals surface area contributed by atoms with Crippen LogP contribution >= 0.6 is 12.4 Å². The molecule has 1 aromatic rings. The van der Waals surface area contributed by atoms with Crippen molar-refractivity contribution in [3.05, 3.63) is 35.4 Å². The van der Waals surface area contributed by atoms with Gasteiger partial charge in [0, 0.05) is 38.2 Å². The summed E-state index contributed by atoms with van der Waals surface area (Å²) in [7, 11) is 0. The zero-order valence-corrected chi connectivity index (χ0v) is 15.8. The second-order valence-electron chi connectivity index (χ2n) is 6.51. The molecule has 5 nitrogen and oxygen atoms in total. The average Bonchev–Trinajstić information content (AvgIpc) is 2.86. The maximum Gasteiger partial charge on any atom is 0.251 e. The number of carbonyl (C=O) groups is 2. The van der Waals surface area contributed by atoms with Gasteiger partial charge in [0.05, 0.1) is 0 Å². The molecule has 0 heterocycles. The first-order valence-electron chi connectivity index (χ1n) is 9.00. The third-order valence-electron chi connectivity index (χ3n) is 4.46. The summed E-state index contributed by atoms with van der Waals surface area (Å²) in [5.74, 6) is -0.110. The van der Waals surface area contributed by atoms with Gasteiger partial charge in [-0.25, -0.2) is 0 Å². The molecule has 0 saturated heterocycles. The number of rotatable bonds is 7. The molecular formula is C19H30ClN3O2. The second kappa shape index (κ2) is 11.9. The molecule has 1 aromatic carbocycles. The molecule has 1 fully saturated rings. The van der Waals surface area contributed by atoms with Crippen LogP contribution in [0.25, 0.3) is 0 Å². The fourth-order valence-electron chi connectivity index (χ4n) is 3.04. The number of hydrogen-bond donors (Lipinski definition) is 3. The summed E-state index contributed by atoms with van der Waals surface area (Å²) in [6.07, 6.45) is 7.84. The number of nitrogens with one attached hydrogen (secondary N) is 3. The second-order valence-corrected chi connectivity index (χ2v) is 6.51. The summed E-state index contributed by atoms with van der Waals surface area (Å²) in [6.45, 7) is 3.44.